The molecule has 0 spiro atoms. The van der Waals surface area contributed by atoms with E-state index >= 15 is 0 Å². The molecule has 4 aliphatic rings. The Kier molecular flexibility index (Phi) is 9.53. The van der Waals surface area contributed by atoms with Gasteiger partial charge in [0.05, 0.1) is 0 Å². The maximum absolute atomic E-state index is 8.91. The highest BCUT2D eigenvalue weighted by Crippen LogP contribution is 2.68. The molecule has 0 aromatic carbocycles. The summed E-state index contributed by atoms with van der Waals surface area (Å²) in [5, 5.41) is 8.91. The monoisotopic (exact) mass is 472 g/mol. The van der Waals surface area contributed by atoms with Gasteiger partial charge in [-0.25, -0.2) is 0 Å². The van der Waals surface area contributed by atoms with Crippen molar-refractivity contribution in [1.82, 2.24) is 0 Å². The minimum Gasteiger partial charge on any atom is -0.396 e. The Morgan fingerprint density at radius 3 is 2.24 bits per heavy atom. The van der Waals surface area contributed by atoms with Gasteiger partial charge in [0.15, 0.2) is 0 Å². The first kappa shape index (κ1) is 27.0. The Labute approximate surface area is 213 Å². The van der Waals surface area contributed by atoms with E-state index in [1.807, 2.05) is 0 Å². The fourth-order valence-corrected chi connectivity index (χ4v) is 10.5. The van der Waals surface area contributed by atoms with Crippen molar-refractivity contribution in [2.24, 2.45) is 52.3 Å². The molecule has 4 aliphatic carbocycles. The summed E-state index contributed by atoms with van der Waals surface area (Å²) < 4.78 is 0. The number of hydrogen-bond donors (Lipinski definition) is 1. The van der Waals surface area contributed by atoms with Crippen molar-refractivity contribution in [3.8, 4) is 0 Å². The minimum atomic E-state index is 0.371. The lowest BCUT2D eigenvalue weighted by atomic mass is 9.44. The van der Waals surface area contributed by atoms with Crippen LogP contribution in [0.15, 0.2) is 0 Å². The molecule has 0 bridgehead atoms. The molecular formula is C33H60O. The van der Waals surface area contributed by atoms with Crippen molar-refractivity contribution in [3.63, 3.8) is 0 Å². The van der Waals surface area contributed by atoms with Gasteiger partial charge in [0.1, 0.15) is 0 Å². The van der Waals surface area contributed by atoms with E-state index in [0.29, 0.717) is 17.4 Å². The molecule has 0 aromatic rings. The second kappa shape index (κ2) is 12.0. The number of aliphatic hydroxyl groups is 1. The minimum absolute atomic E-state index is 0.371. The van der Waals surface area contributed by atoms with Gasteiger partial charge in [0.25, 0.3) is 0 Å². The van der Waals surface area contributed by atoms with E-state index < -0.39 is 0 Å². The van der Waals surface area contributed by atoms with Crippen LogP contribution >= 0.6 is 0 Å². The molecule has 0 aromatic heterocycles. The highest BCUT2D eigenvalue weighted by molar-refractivity contribution is 5.09. The lowest BCUT2D eigenvalue weighted by molar-refractivity contribution is -0.114. The lowest BCUT2D eigenvalue weighted by Crippen LogP contribution is -2.53. The summed E-state index contributed by atoms with van der Waals surface area (Å²) in [6.07, 6.45) is 27.5. The molecule has 1 unspecified atom stereocenters. The zero-order valence-electron chi connectivity index (χ0n) is 23.6. The Bertz CT molecular complexity index is 614. The molecule has 0 aliphatic heterocycles. The van der Waals surface area contributed by atoms with Crippen LogP contribution in [-0.2, 0) is 0 Å². The Morgan fingerprint density at radius 1 is 0.676 bits per heavy atom. The van der Waals surface area contributed by atoms with Crippen LogP contribution in [0.25, 0.3) is 0 Å². The highest BCUT2D eigenvalue weighted by atomic mass is 16.2. The number of fused-ring (bicyclic) bond motifs is 5. The summed E-state index contributed by atoms with van der Waals surface area (Å²) in [5.41, 5.74) is 1.35. The molecule has 198 valence electrons. The molecule has 0 amide bonds. The van der Waals surface area contributed by atoms with Crippen LogP contribution in [0.4, 0.5) is 0 Å². The van der Waals surface area contributed by atoms with Crippen molar-refractivity contribution in [1.29, 1.82) is 0 Å². The Balaban J connectivity index is 1.23. The average molecular weight is 473 g/mol. The number of rotatable bonds is 12. The van der Waals surface area contributed by atoms with Gasteiger partial charge < -0.3 is 5.11 Å². The molecule has 4 fully saturated rings. The maximum Gasteiger partial charge on any atom is 0.0431 e. The third-order valence-corrected chi connectivity index (χ3v) is 12.6. The van der Waals surface area contributed by atoms with Crippen LogP contribution in [0.3, 0.4) is 0 Å². The predicted octanol–water partition coefficient (Wildman–Crippen LogP) is 9.81. The Morgan fingerprint density at radius 2 is 1.41 bits per heavy atom. The third kappa shape index (κ3) is 5.60. The van der Waals surface area contributed by atoms with Crippen molar-refractivity contribution < 1.29 is 5.11 Å². The van der Waals surface area contributed by atoms with Crippen LogP contribution < -0.4 is 0 Å². The van der Waals surface area contributed by atoms with Crippen LogP contribution in [0.1, 0.15) is 150 Å². The molecule has 4 rings (SSSR count). The summed E-state index contributed by atoms with van der Waals surface area (Å²) >= 11 is 0. The van der Waals surface area contributed by atoms with Crippen LogP contribution in [0.5, 0.6) is 0 Å². The standard InChI is InChI=1S/C33H60O/c1-25(13-8-6-5-7-11-24-34)14-12-15-26(2)29-19-20-30-28-18-17-27-16-9-10-22-32(27,3)31(28)21-23-33(29,30)4/h25-31,34H,5-24H2,1-4H3/t25?,26-,27-,28+,29-,30+,31+,32+,33-/m1/s1. The molecular weight excluding hydrogens is 412 g/mol. The van der Waals surface area contributed by atoms with Crippen molar-refractivity contribution in [3.05, 3.63) is 0 Å². The first-order chi connectivity index (χ1) is 16.4. The van der Waals surface area contributed by atoms with Gasteiger partial charge >= 0.3 is 0 Å². The fourth-order valence-electron chi connectivity index (χ4n) is 10.5. The average Bonchev–Trinajstić information content (AvgIpc) is 3.18. The third-order valence-electron chi connectivity index (χ3n) is 12.6. The lowest BCUT2D eigenvalue weighted by Gasteiger charge is -2.61. The van der Waals surface area contributed by atoms with Gasteiger partial charge in [0.2, 0.25) is 0 Å². The maximum atomic E-state index is 8.91. The SMILES string of the molecule is CC(CCCCCCCO)CCC[C@@H](C)[C@H]1CC[C@H]2[C@@H]3CC[C@H]4CCCC[C@]4(C)[C@H]3CC[C@]12C. The summed E-state index contributed by atoms with van der Waals surface area (Å²) in [5.74, 6) is 7.05. The van der Waals surface area contributed by atoms with Crippen molar-refractivity contribution >= 4 is 0 Å². The van der Waals surface area contributed by atoms with Crippen LogP contribution in [0.2, 0.25) is 0 Å². The molecule has 1 N–H and O–H groups in total. The summed E-state index contributed by atoms with van der Waals surface area (Å²) in [6.45, 7) is 11.0. The summed E-state index contributed by atoms with van der Waals surface area (Å²) in [6, 6.07) is 0. The van der Waals surface area contributed by atoms with Gasteiger partial charge in [-0.3, -0.25) is 0 Å². The zero-order chi connectivity index (χ0) is 24.2. The first-order valence-corrected chi connectivity index (χ1v) is 16.0. The van der Waals surface area contributed by atoms with E-state index in [2.05, 4.69) is 27.7 Å². The predicted molar refractivity (Wildman–Crippen MR) is 147 cm³/mol. The van der Waals surface area contributed by atoms with Crippen molar-refractivity contribution in [2.45, 2.75) is 150 Å². The number of unbranched alkanes of at least 4 members (excludes halogenated alkanes) is 4. The van der Waals surface area contributed by atoms with E-state index in [1.165, 1.54) is 70.6 Å². The largest absolute Gasteiger partial charge is 0.396 e. The normalized spacial score (nSPS) is 41.4. The first-order valence-electron chi connectivity index (χ1n) is 16.0. The van der Waals surface area contributed by atoms with Crippen LogP contribution in [0, 0.1) is 52.3 Å². The van der Waals surface area contributed by atoms with E-state index in [9.17, 15) is 0 Å². The molecule has 0 radical (unpaired) electrons. The molecule has 4 saturated carbocycles. The quantitative estimate of drug-likeness (QED) is 0.280. The van der Waals surface area contributed by atoms with E-state index in [1.54, 1.807) is 44.9 Å². The second-order valence-electron chi connectivity index (χ2n) is 14.4. The topological polar surface area (TPSA) is 20.2 Å². The zero-order valence-corrected chi connectivity index (χ0v) is 23.6. The summed E-state index contributed by atoms with van der Waals surface area (Å²) in [4.78, 5) is 0. The van der Waals surface area contributed by atoms with E-state index in [-0.39, 0.29) is 0 Å². The molecule has 9 atom stereocenters. The summed E-state index contributed by atoms with van der Waals surface area (Å²) in [7, 11) is 0. The molecule has 0 heterocycles. The molecule has 0 saturated heterocycles. The van der Waals surface area contributed by atoms with Crippen molar-refractivity contribution in [2.75, 3.05) is 6.61 Å². The molecule has 34 heavy (non-hydrogen) atoms. The van der Waals surface area contributed by atoms with Gasteiger partial charge in [0, 0.05) is 6.61 Å². The smallest absolute Gasteiger partial charge is 0.0431 e. The molecule has 1 heteroatoms. The van der Waals surface area contributed by atoms with Gasteiger partial charge in [-0.1, -0.05) is 91.9 Å². The van der Waals surface area contributed by atoms with Crippen LogP contribution in [-0.4, -0.2) is 11.7 Å². The second-order valence-corrected chi connectivity index (χ2v) is 14.4. The Hall–Kier alpha value is -0.0400. The van der Waals surface area contributed by atoms with Gasteiger partial charge in [-0.2, -0.15) is 0 Å². The number of hydrogen-bond acceptors (Lipinski definition) is 1. The van der Waals surface area contributed by atoms with Gasteiger partial charge in [-0.15, -0.1) is 0 Å². The van der Waals surface area contributed by atoms with E-state index in [4.69, 9.17) is 5.11 Å². The van der Waals surface area contributed by atoms with Gasteiger partial charge in [-0.05, 0) is 110 Å². The van der Waals surface area contributed by atoms with E-state index in [0.717, 1.165) is 47.8 Å². The highest BCUT2D eigenvalue weighted by Gasteiger charge is 2.60. The number of aliphatic hydroxyl groups excluding tert-OH is 1. The molecule has 1 nitrogen and oxygen atoms in total. The fraction of sp³-hybridized carbons (Fsp3) is 1.00.